The van der Waals surface area contributed by atoms with Crippen LogP contribution in [0.15, 0.2) is 64.6 Å². The van der Waals surface area contributed by atoms with Crippen molar-refractivity contribution in [1.29, 1.82) is 0 Å². The first-order chi connectivity index (χ1) is 14.2. The van der Waals surface area contributed by atoms with Crippen LogP contribution in [0.5, 0.6) is 0 Å². The Morgan fingerprint density at radius 1 is 1.14 bits per heavy atom. The molecule has 5 nitrogen and oxygen atoms in total. The Kier molecular flexibility index (Phi) is 5.99. The minimum atomic E-state index is 0.651. The summed E-state index contributed by atoms with van der Waals surface area (Å²) < 4.78 is 5.45. The second-order valence-electron chi connectivity index (χ2n) is 6.77. The van der Waals surface area contributed by atoms with Crippen molar-refractivity contribution in [3.63, 3.8) is 0 Å². The highest BCUT2D eigenvalue weighted by molar-refractivity contribution is 7.99. The zero-order valence-corrected chi connectivity index (χ0v) is 16.9. The number of morpholine rings is 1. The van der Waals surface area contributed by atoms with E-state index in [0.29, 0.717) is 12.0 Å². The molecule has 1 aliphatic heterocycles. The highest BCUT2D eigenvalue weighted by Crippen LogP contribution is 2.29. The quantitative estimate of drug-likeness (QED) is 0.400. The summed E-state index contributed by atoms with van der Waals surface area (Å²) in [6.07, 6.45) is 8.04. The Morgan fingerprint density at radius 3 is 2.69 bits per heavy atom. The standard InChI is InChI=1S/C23H22N4OS/c1-2-18-16-25-22(26-23(18)29-21-8-6-19(24)7-9-21)15-17-4-3-5-20(14-17)27-10-12-28-13-11-27/h1,3-9,14,16H,10-13,15,24H2. The number of hydrogen-bond donors (Lipinski definition) is 1. The first-order valence-electron chi connectivity index (χ1n) is 9.49. The zero-order chi connectivity index (χ0) is 20.1. The SMILES string of the molecule is C#Cc1cnc(Cc2cccc(N3CCOCC3)c2)nc1Sc1ccc(N)cc1. The van der Waals surface area contributed by atoms with E-state index in [1.807, 2.05) is 24.3 Å². The van der Waals surface area contributed by atoms with Crippen LogP contribution >= 0.6 is 11.8 Å². The van der Waals surface area contributed by atoms with Crippen LogP contribution in [-0.4, -0.2) is 36.3 Å². The molecule has 0 spiro atoms. The lowest BCUT2D eigenvalue weighted by Gasteiger charge is -2.29. The van der Waals surface area contributed by atoms with Crippen LogP contribution in [0.4, 0.5) is 11.4 Å². The third-order valence-electron chi connectivity index (χ3n) is 4.70. The first kappa shape index (κ1) is 19.3. The number of anilines is 2. The topological polar surface area (TPSA) is 64.3 Å². The van der Waals surface area contributed by atoms with Gasteiger partial charge in [0.25, 0.3) is 0 Å². The molecule has 0 aliphatic carbocycles. The van der Waals surface area contributed by atoms with E-state index >= 15 is 0 Å². The Morgan fingerprint density at radius 2 is 1.93 bits per heavy atom. The van der Waals surface area contributed by atoms with Gasteiger partial charge in [0.1, 0.15) is 10.9 Å². The van der Waals surface area contributed by atoms with Gasteiger partial charge in [-0.3, -0.25) is 0 Å². The number of nitrogen functional groups attached to an aromatic ring is 1. The van der Waals surface area contributed by atoms with E-state index in [1.165, 1.54) is 23.0 Å². The number of rotatable bonds is 5. The molecule has 146 valence electrons. The normalized spacial score (nSPS) is 13.8. The largest absolute Gasteiger partial charge is 0.399 e. The van der Waals surface area contributed by atoms with Gasteiger partial charge in [-0.15, -0.1) is 6.42 Å². The molecule has 2 N–H and O–H groups in total. The van der Waals surface area contributed by atoms with Crippen LogP contribution in [0.1, 0.15) is 17.0 Å². The molecule has 2 heterocycles. The van der Waals surface area contributed by atoms with E-state index in [9.17, 15) is 0 Å². The molecule has 0 bridgehead atoms. The molecule has 3 aromatic rings. The third-order valence-corrected chi connectivity index (χ3v) is 5.72. The minimum absolute atomic E-state index is 0.651. The molecule has 29 heavy (non-hydrogen) atoms. The lowest BCUT2D eigenvalue weighted by molar-refractivity contribution is 0.122. The van der Waals surface area contributed by atoms with E-state index in [-0.39, 0.29) is 0 Å². The average molecular weight is 403 g/mol. The molecule has 4 rings (SSSR count). The van der Waals surface area contributed by atoms with Gasteiger partial charge in [0.2, 0.25) is 0 Å². The van der Waals surface area contributed by atoms with Crippen LogP contribution in [-0.2, 0) is 11.2 Å². The summed E-state index contributed by atoms with van der Waals surface area (Å²) >= 11 is 1.53. The van der Waals surface area contributed by atoms with Crippen LogP contribution in [0.2, 0.25) is 0 Å². The van der Waals surface area contributed by atoms with Gasteiger partial charge in [-0.05, 0) is 42.0 Å². The summed E-state index contributed by atoms with van der Waals surface area (Å²) in [5.74, 6) is 3.43. The zero-order valence-electron chi connectivity index (χ0n) is 16.0. The van der Waals surface area contributed by atoms with Crippen LogP contribution < -0.4 is 10.6 Å². The second kappa shape index (κ2) is 8.99. The van der Waals surface area contributed by atoms with Crippen molar-refractivity contribution in [3.05, 3.63) is 71.7 Å². The second-order valence-corrected chi connectivity index (χ2v) is 7.83. The molecule has 1 aliphatic rings. The molecule has 0 amide bonds. The predicted molar refractivity (Wildman–Crippen MR) is 117 cm³/mol. The van der Waals surface area contributed by atoms with E-state index < -0.39 is 0 Å². The summed E-state index contributed by atoms with van der Waals surface area (Å²) in [6.45, 7) is 3.37. The van der Waals surface area contributed by atoms with Crippen LogP contribution in [0.25, 0.3) is 0 Å². The van der Waals surface area contributed by atoms with Gasteiger partial charge in [0, 0.05) is 42.0 Å². The summed E-state index contributed by atoms with van der Waals surface area (Å²) in [5.41, 5.74) is 9.58. The van der Waals surface area contributed by atoms with Gasteiger partial charge in [-0.25, -0.2) is 9.97 Å². The molecule has 0 radical (unpaired) electrons. The van der Waals surface area contributed by atoms with Crippen LogP contribution in [0.3, 0.4) is 0 Å². The van der Waals surface area contributed by atoms with Crippen molar-refractivity contribution in [3.8, 4) is 12.3 Å². The van der Waals surface area contributed by atoms with Gasteiger partial charge in [-0.1, -0.05) is 29.8 Å². The molecular formula is C23H22N4OS. The Labute approximate surface area is 175 Å². The fraction of sp³-hybridized carbons (Fsp3) is 0.217. The number of nitrogens with two attached hydrogens (primary N) is 1. The molecule has 0 unspecified atom stereocenters. The van der Waals surface area contributed by atoms with Crippen molar-refractivity contribution >= 4 is 23.1 Å². The van der Waals surface area contributed by atoms with E-state index in [0.717, 1.165) is 47.7 Å². The van der Waals surface area contributed by atoms with Gasteiger partial charge >= 0.3 is 0 Å². The minimum Gasteiger partial charge on any atom is -0.399 e. The van der Waals surface area contributed by atoms with Crippen molar-refractivity contribution in [1.82, 2.24) is 9.97 Å². The number of terminal acetylenes is 1. The number of hydrogen-bond acceptors (Lipinski definition) is 6. The molecular weight excluding hydrogens is 380 g/mol. The smallest absolute Gasteiger partial charge is 0.134 e. The van der Waals surface area contributed by atoms with E-state index in [4.69, 9.17) is 21.9 Å². The maximum atomic E-state index is 5.77. The maximum Gasteiger partial charge on any atom is 0.134 e. The van der Waals surface area contributed by atoms with Crippen molar-refractivity contribution < 1.29 is 4.74 Å². The first-order valence-corrected chi connectivity index (χ1v) is 10.3. The summed E-state index contributed by atoms with van der Waals surface area (Å²) in [4.78, 5) is 12.6. The molecule has 6 heteroatoms. The third kappa shape index (κ3) is 4.89. The molecule has 1 saturated heterocycles. The molecule has 0 atom stereocenters. The lowest BCUT2D eigenvalue weighted by Crippen LogP contribution is -2.36. The summed E-state index contributed by atoms with van der Waals surface area (Å²) in [5, 5.41) is 0.784. The van der Waals surface area contributed by atoms with E-state index in [1.54, 1.807) is 6.20 Å². The Hall–Kier alpha value is -3.01. The predicted octanol–water partition coefficient (Wildman–Crippen LogP) is 3.62. The summed E-state index contributed by atoms with van der Waals surface area (Å²) in [7, 11) is 0. The van der Waals surface area contributed by atoms with Gasteiger partial charge in [0.05, 0.1) is 18.8 Å². The average Bonchev–Trinajstić information content (AvgIpc) is 2.76. The number of nitrogens with zero attached hydrogens (tertiary/aromatic N) is 3. The number of ether oxygens (including phenoxy) is 1. The molecule has 0 saturated carbocycles. The van der Waals surface area contributed by atoms with Gasteiger partial charge in [-0.2, -0.15) is 0 Å². The van der Waals surface area contributed by atoms with E-state index in [2.05, 4.69) is 40.1 Å². The van der Waals surface area contributed by atoms with Crippen molar-refractivity contribution in [2.75, 3.05) is 36.9 Å². The highest BCUT2D eigenvalue weighted by atomic mass is 32.2. The molecule has 2 aromatic carbocycles. The highest BCUT2D eigenvalue weighted by Gasteiger charge is 2.13. The summed E-state index contributed by atoms with van der Waals surface area (Å²) in [6, 6.07) is 16.2. The lowest BCUT2D eigenvalue weighted by atomic mass is 10.1. The number of aromatic nitrogens is 2. The Balaban J connectivity index is 1.54. The van der Waals surface area contributed by atoms with Crippen molar-refractivity contribution in [2.24, 2.45) is 0 Å². The fourth-order valence-electron chi connectivity index (χ4n) is 3.18. The monoisotopic (exact) mass is 402 g/mol. The van der Waals surface area contributed by atoms with Crippen LogP contribution in [0, 0.1) is 12.3 Å². The van der Waals surface area contributed by atoms with Gasteiger partial charge in [0.15, 0.2) is 0 Å². The Bertz CT molecular complexity index is 1020. The maximum absolute atomic E-state index is 5.77. The molecule has 1 fully saturated rings. The molecule has 1 aromatic heterocycles. The number of benzene rings is 2. The fourth-order valence-corrected chi connectivity index (χ4v) is 4.05. The van der Waals surface area contributed by atoms with Crippen molar-refractivity contribution in [2.45, 2.75) is 16.3 Å². The van der Waals surface area contributed by atoms with Gasteiger partial charge < -0.3 is 15.4 Å².